The fraction of sp³-hybridized carbons (Fsp3) is 0.588. The summed E-state index contributed by atoms with van der Waals surface area (Å²) in [6.45, 7) is 1.72. The van der Waals surface area contributed by atoms with Crippen LogP contribution in [0.25, 0.3) is 0 Å². The fourth-order valence-electron chi connectivity index (χ4n) is 4.02. The number of hydrazine groups is 1. The first kappa shape index (κ1) is 16.5. The number of thiophene rings is 1. The topological polar surface area (TPSA) is 81.8 Å². The van der Waals surface area contributed by atoms with Gasteiger partial charge in [-0.1, -0.05) is 19.3 Å². The first-order chi connectivity index (χ1) is 12.1. The van der Waals surface area contributed by atoms with E-state index in [-0.39, 0.29) is 18.4 Å². The molecule has 2 N–H and O–H groups in total. The predicted molar refractivity (Wildman–Crippen MR) is 92.6 cm³/mol. The molecule has 1 aliphatic carbocycles. The van der Waals surface area contributed by atoms with E-state index in [1.54, 1.807) is 11.3 Å². The van der Waals surface area contributed by atoms with Gasteiger partial charge in [0.15, 0.2) is 0 Å². The Balaban J connectivity index is 1.36. The van der Waals surface area contributed by atoms with Crippen molar-refractivity contribution in [3.05, 3.63) is 21.9 Å². The van der Waals surface area contributed by atoms with Gasteiger partial charge in [-0.05, 0) is 36.3 Å². The third-order valence-corrected chi connectivity index (χ3v) is 6.38. The van der Waals surface area contributed by atoms with E-state index >= 15 is 0 Å². The van der Waals surface area contributed by atoms with Crippen molar-refractivity contribution in [1.29, 1.82) is 0 Å². The normalized spacial score (nSPS) is 22.8. The first-order valence-corrected chi connectivity index (χ1v) is 9.69. The quantitative estimate of drug-likeness (QED) is 0.796. The van der Waals surface area contributed by atoms with Crippen LogP contribution in [0.3, 0.4) is 0 Å². The van der Waals surface area contributed by atoms with Crippen LogP contribution >= 0.6 is 11.3 Å². The van der Waals surface area contributed by atoms with Gasteiger partial charge < -0.3 is 5.32 Å². The maximum Gasteiger partial charge on any atom is 0.344 e. The van der Waals surface area contributed by atoms with Crippen LogP contribution in [0.2, 0.25) is 0 Å². The number of nitrogens with zero attached hydrogens (tertiary/aromatic N) is 2. The van der Waals surface area contributed by atoms with Crippen molar-refractivity contribution in [3.8, 4) is 0 Å². The number of imide groups is 1. The van der Waals surface area contributed by atoms with Crippen LogP contribution in [-0.4, -0.2) is 46.4 Å². The van der Waals surface area contributed by atoms with E-state index < -0.39 is 11.6 Å². The Morgan fingerprint density at radius 3 is 2.88 bits per heavy atom. The highest BCUT2D eigenvalue weighted by molar-refractivity contribution is 7.10. The molecule has 1 saturated heterocycles. The summed E-state index contributed by atoms with van der Waals surface area (Å²) in [4.78, 5) is 40.6. The van der Waals surface area contributed by atoms with E-state index in [0.717, 1.165) is 43.8 Å². The molecular weight excluding hydrogens is 340 g/mol. The van der Waals surface area contributed by atoms with Crippen molar-refractivity contribution < 1.29 is 14.4 Å². The minimum Gasteiger partial charge on any atom is -0.322 e. The van der Waals surface area contributed by atoms with Crippen molar-refractivity contribution in [3.63, 3.8) is 0 Å². The number of amides is 4. The number of rotatable bonds is 3. The molecule has 134 valence electrons. The van der Waals surface area contributed by atoms with Gasteiger partial charge >= 0.3 is 6.03 Å². The Morgan fingerprint density at radius 2 is 2.08 bits per heavy atom. The second-order valence-electron chi connectivity index (χ2n) is 7.08. The minimum atomic E-state index is -0.806. The Morgan fingerprint density at radius 1 is 1.28 bits per heavy atom. The molecule has 1 saturated carbocycles. The Kier molecular flexibility index (Phi) is 4.24. The van der Waals surface area contributed by atoms with Gasteiger partial charge in [-0.3, -0.25) is 19.9 Å². The summed E-state index contributed by atoms with van der Waals surface area (Å²) in [6.07, 6.45) is 5.16. The van der Waals surface area contributed by atoms with Gasteiger partial charge in [0.1, 0.15) is 5.54 Å². The zero-order valence-electron chi connectivity index (χ0n) is 14.0. The van der Waals surface area contributed by atoms with Gasteiger partial charge in [0.2, 0.25) is 0 Å². The van der Waals surface area contributed by atoms with Crippen LogP contribution in [0, 0.1) is 0 Å². The summed E-state index contributed by atoms with van der Waals surface area (Å²) in [5, 5.41) is 5.76. The number of urea groups is 1. The van der Waals surface area contributed by atoms with Gasteiger partial charge in [0, 0.05) is 18.0 Å². The fourth-order valence-corrected chi connectivity index (χ4v) is 4.91. The molecule has 4 amide bonds. The lowest BCUT2D eigenvalue weighted by atomic mass is 9.82. The van der Waals surface area contributed by atoms with E-state index in [4.69, 9.17) is 0 Å². The van der Waals surface area contributed by atoms with Crippen molar-refractivity contribution in [2.45, 2.75) is 50.6 Å². The molecule has 1 aromatic rings. The average Bonchev–Trinajstić information content (AvgIpc) is 3.14. The lowest BCUT2D eigenvalue weighted by Gasteiger charge is -2.30. The van der Waals surface area contributed by atoms with Crippen molar-refractivity contribution >= 4 is 29.2 Å². The lowest BCUT2D eigenvalue weighted by molar-refractivity contribution is -0.140. The largest absolute Gasteiger partial charge is 0.344 e. The Hall–Kier alpha value is -1.93. The standard InChI is InChI=1S/C17H22N4O3S/c22-14(11-20-8-4-13-12(10-20)5-9-25-13)19-21-15(23)17(18-16(21)24)6-2-1-3-7-17/h5,9H,1-4,6-8,10-11H2,(H,18,24)(H,19,22). The monoisotopic (exact) mass is 362 g/mol. The summed E-state index contributed by atoms with van der Waals surface area (Å²) < 4.78 is 0. The smallest absolute Gasteiger partial charge is 0.322 e. The second-order valence-corrected chi connectivity index (χ2v) is 8.08. The van der Waals surface area contributed by atoms with E-state index in [9.17, 15) is 14.4 Å². The molecule has 1 aromatic heterocycles. The van der Waals surface area contributed by atoms with Crippen molar-refractivity contribution in [2.75, 3.05) is 13.1 Å². The Labute approximate surface area is 150 Å². The van der Waals surface area contributed by atoms with E-state index in [1.165, 1.54) is 10.4 Å². The first-order valence-electron chi connectivity index (χ1n) is 8.81. The van der Waals surface area contributed by atoms with Gasteiger partial charge in [0.25, 0.3) is 11.8 Å². The van der Waals surface area contributed by atoms with E-state index in [2.05, 4.69) is 22.2 Å². The highest BCUT2D eigenvalue weighted by Crippen LogP contribution is 2.33. The molecule has 3 heterocycles. The predicted octanol–water partition coefficient (Wildman–Crippen LogP) is 1.39. The molecule has 3 aliphatic rings. The molecule has 7 nitrogen and oxygen atoms in total. The molecule has 2 aliphatic heterocycles. The summed E-state index contributed by atoms with van der Waals surface area (Å²) >= 11 is 1.75. The number of carbonyl (C=O) groups is 3. The molecule has 8 heteroatoms. The van der Waals surface area contributed by atoms with Gasteiger partial charge in [-0.15, -0.1) is 11.3 Å². The lowest BCUT2D eigenvalue weighted by Crippen LogP contribution is -2.52. The molecule has 0 unspecified atom stereocenters. The van der Waals surface area contributed by atoms with Crippen LogP contribution < -0.4 is 10.7 Å². The molecule has 4 rings (SSSR count). The summed E-state index contributed by atoms with van der Waals surface area (Å²) in [6, 6.07) is 1.58. The molecule has 0 aromatic carbocycles. The van der Waals surface area contributed by atoms with Crippen molar-refractivity contribution in [1.82, 2.24) is 20.7 Å². The molecule has 0 radical (unpaired) electrons. The molecular formula is C17H22N4O3S. The number of fused-ring (bicyclic) bond motifs is 1. The number of hydrogen-bond acceptors (Lipinski definition) is 5. The molecule has 1 spiro atoms. The van der Waals surface area contributed by atoms with E-state index in [1.807, 2.05) is 4.90 Å². The minimum absolute atomic E-state index is 0.180. The number of hydrogen-bond donors (Lipinski definition) is 2. The zero-order chi connectivity index (χ0) is 17.4. The SMILES string of the molecule is O=C(CN1CCc2sccc2C1)NN1C(=O)NC2(CCCCC2)C1=O. The van der Waals surface area contributed by atoms with Gasteiger partial charge in [-0.2, -0.15) is 5.01 Å². The maximum absolute atomic E-state index is 12.7. The molecule has 0 bridgehead atoms. The number of nitrogens with one attached hydrogen (secondary N) is 2. The van der Waals surface area contributed by atoms with Crippen LogP contribution in [0.15, 0.2) is 11.4 Å². The summed E-state index contributed by atoms with van der Waals surface area (Å²) in [5.41, 5.74) is 2.97. The van der Waals surface area contributed by atoms with Gasteiger partial charge in [0.05, 0.1) is 6.54 Å². The third kappa shape index (κ3) is 3.04. The van der Waals surface area contributed by atoms with Crippen LogP contribution in [0.4, 0.5) is 4.79 Å². The zero-order valence-corrected chi connectivity index (χ0v) is 14.9. The highest BCUT2D eigenvalue weighted by Gasteiger charge is 2.52. The third-order valence-electron chi connectivity index (χ3n) is 5.36. The summed E-state index contributed by atoms with van der Waals surface area (Å²) in [5.74, 6) is -0.639. The highest BCUT2D eigenvalue weighted by atomic mass is 32.1. The summed E-state index contributed by atoms with van der Waals surface area (Å²) in [7, 11) is 0. The average molecular weight is 362 g/mol. The second kappa shape index (κ2) is 6.42. The van der Waals surface area contributed by atoms with Crippen LogP contribution in [0.1, 0.15) is 42.5 Å². The van der Waals surface area contributed by atoms with Gasteiger partial charge in [-0.25, -0.2) is 4.79 Å². The van der Waals surface area contributed by atoms with Crippen LogP contribution in [0.5, 0.6) is 0 Å². The Bertz CT molecular complexity index is 711. The van der Waals surface area contributed by atoms with Crippen LogP contribution in [-0.2, 0) is 22.6 Å². The number of carbonyl (C=O) groups excluding carboxylic acids is 3. The van der Waals surface area contributed by atoms with Crippen molar-refractivity contribution in [2.24, 2.45) is 0 Å². The molecule has 25 heavy (non-hydrogen) atoms. The van der Waals surface area contributed by atoms with E-state index in [0.29, 0.717) is 12.8 Å². The molecule has 2 fully saturated rings. The molecule has 0 atom stereocenters. The maximum atomic E-state index is 12.7.